The van der Waals surface area contributed by atoms with Crippen molar-refractivity contribution in [3.05, 3.63) is 52.0 Å². The van der Waals surface area contributed by atoms with Crippen LogP contribution in [0.25, 0.3) is 20.4 Å². The molecule has 0 saturated carbocycles. The standard InChI is InChI=1S/C19H17N3OS2/c1-10-4-5-11(2)13(8-10)9-16(23)22-19-21-14-6-7-15-17(18(14)25-19)20-12(3)24-15/h4-8H,9H2,1-3H3,(H,21,22,23). The summed E-state index contributed by atoms with van der Waals surface area (Å²) in [6.45, 7) is 6.07. The first-order valence-electron chi connectivity index (χ1n) is 8.02. The van der Waals surface area contributed by atoms with E-state index in [1.54, 1.807) is 11.3 Å². The number of aryl methyl sites for hydroxylation is 3. The second kappa shape index (κ2) is 6.20. The summed E-state index contributed by atoms with van der Waals surface area (Å²) in [5.74, 6) is -0.0431. The Morgan fingerprint density at radius 1 is 1.08 bits per heavy atom. The van der Waals surface area contributed by atoms with Gasteiger partial charge in [-0.1, -0.05) is 35.1 Å². The fourth-order valence-electron chi connectivity index (χ4n) is 2.87. The summed E-state index contributed by atoms with van der Waals surface area (Å²) >= 11 is 3.16. The molecule has 4 aromatic rings. The van der Waals surface area contributed by atoms with Crippen molar-refractivity contribution in [2.45, 2.75) is 27.2 Å². The third-order valence-electron chi connectivity index (χ3n) is 4.12. The van der Waals surface area contributed by atoms with Gasteiger partial charge in [0.2, 0.25) is 5.91 Å². The van der Waals surface area contributed by atoms with Gasteiger partial charge in [-0.05, 0) is 44.0 Å². The molecule has 2 heterocycles. The van der Waals surface area contributed by atoms with Gasteiger partial charge in [0.15, 0.2) is 5.13 Å². The highest BCUT2D eigenvalue weighted by Crippen LogP contribution is 2.34. The molecule has 0 aliphatic heterocycles. The van der Waals surface area contributed by atoms with E-state index in [9.17, 15) is 4.79 Å². The van der Waals surface area contributed by atoms with E-state index in [1.165, 1.54) is 11.3 Å². The zero-order valence-corrected chi connectivity index (χ0v) is 15.8. The molecule has 6 heteroatoms. The molecule has 0 bridgehead atoms. The highest BCUT2D eigenvalue weighted by atomic mass is 32.1. The van der Waals surface area contributed by atoms with Gasteiger partial charge in [0.05, 0.1) is 26.3 Å². The van der Waals surface area contributed by atoms with E-state index in [1.807, 2.05) is 32.9 Å². The maximum absolute atomic E-state index is 12.4. The summed E-state index contributed by atoms with van der Waals surface area (Å²) in [6.07, 6.45) is 0.356. The van der Waals surface area contributed by atoms with Crippen LogP contribution in [0, 0.1) is 20.8 Å². The Bertz CT molecular complexity index is 1110. The lowest BCUT2D eigenvalue weighted by Crippen LogP contribution is -2.14. The Balaban J connectivity index is 1.60. The normalized spacial score (nSPS) is 11.3. The molecule has 1 amide bonds. The van der Waals surface area contributed by atoms with Gasteiger partial charge in [0.25, 0.3) is 0 Å². The van der Waals surface area contributed by atoms with E-state index in [2.05, 4.69) is 33.5 Å². The predicted molar refractivity (Wildman–Crippen MR) is 106 cm³/mol. The van der Waals surface area contributed by atoms with Crippen LogP contribution < -0.4 is 5.32 Å². The Hall–Kier alpha value is -2.31. The Labute approximate surface area is 153 Å². The van der Waals surface area contributed by atoms with Gasteiger partial charge in [0, 0.05) is 0 Å². The van der Waals surface area contributed by atoms with E-state index in [0.29, 0.717) is 11.6 Å². The molecule has 0 radical (unpaired) electrons. The zero-order valence-electron chi connectivity index (χ0n) is 14.2. The Morgan fingerprint density at radius 3 is 2.76 bits per heavy atom. The van der Waals surface area contributed by atoms with Gasteiger partial charge in [-0.15, -0.1) is 11.3 Å². The van der Waals surface area contributed by atoms with E-state index in [4.69, 9.17) is 0 Å². The van der Waals surface area contributed by atoms with Crippen LogP contribution in [0.3, 0.4) is 0 Å². The maximum Gasteiger partial charge on any atom is 0.230 e. The molecule has 0 saturated heterocycles. The average molecular weight is 367 g/mol. The van der Waals surface area contributed by atoms with Crippen LogP contribution in [0.2, 0.25) is 0 Å². The molecule has 4 nitrogen and oxygen atoms in total. The molecule has 0 fully saturated rings. The number of hydrogen-bond donors (Lipinski definition) is 1. The minimum absolute atomic E-state index is 0.0431. The van der Waals surface area contributed by atoms with E-state index < -0.39 is 0 Å². The third kappa shape index (κ3) is 3.15. The van der Waals surface area contributed by atoms with Crippen molar-refractivity contribution in [3.63, 3.8) is 0 Å². The molecule has 0 aliphatic carbocycles. The number of rotatable bonds is 3. The van der Waals surface area contributed by atoms with Gasteiger partial charge >= 0.3 is 0 Å². The smallest absolute Gasteiger partial charge is 0.230 e. The number of nitrogens with zero attached hydrogens (tertiary/aromatic N) is 2. The molecule has 1 N–H and O–H groups in total. The summed E-state index contributed by atoms with van der Waals surface area (Å²) < 4.78 is 2.19. The summed E-state index contributed by atoms with van der Waals surface area (Å²) in [6, 6.07) is 10.2. The molecule has 0 spiro atoms. The van der Waals surface area contributed by atoms with Crippen molar-refractivity contribution in [2.75, 3.05) is 5.32 Å². The first-order valence-corrected chi connectivity index (χ1v) is 9.65. The summed E-state index contributed by atoms with van der Waals surface area (Å²) in [5, 5.41) is 4.61. The van der Waals surface area contributed by atoms with Crippen LogP contribution in [0.1, 0.15) is 21.7 Å². The monoisotopic (exact) mass is 367 g/mol. The molecule has 2 aromatic heterocycles. The third-order valence-corrected chi connectivity index (χ3v) is 6.05. The number of carbonyl (C=O) groups is 1. The highest BCUT2D eigenvalue weighted by molar-refractivity contribution is 7.24. The van der Waals surface area contributed by atoms with Gasteiger partial charge in [0.1, 0.15) is 5.52 Å². The van der Waals surface area contributed by atoms with Gasteiger partial charge in [-0.2, -0.15) is 0 Å². The number of nitrogens with one attached hydrogen (secondary N) is 1. The van der Waals surface area contributed by atoms with Crippen LogP contribution in [0.15, 0.2) is 30.3 Å². The Morgan fingerprint density at radius 2 is 1.92 bits per heavy atom. The lowest BCUT2D eigenvalue weighted by molar-refractivity contribution is -0.115. The number of fused-ring (bicyclic) bond motifs is 3. The summed E-state index contributed by atoms with van der Waals surface area (Å²) in [4.78, 5) is 21.6. The van der Waals surface area contributed by atoms with Crippen molar-refractivity contribution in [2.24, 2.45) is 0 Å². The quantitative estimate of drug-likeness (QED) is 0.553. The predicted octanol–water partition coefficient (Wildman–Crippen LogP) is 5.01. The van der Waals surface area contributed by atoms with Crippen LogP contribution >= 0.6 is 22.7 Å². The number of amides is 1. The molecule has 25 heavy (non-hydrogen) atoms. The zero-order chi connectivity index (χ0) is 17.6. The molecule has 0 atom stereocenters. The SMILES string of the molecule is Cc1ccc(C)c(CC(=O)Nc2nc3ccc4sc(C)nc4c3s2)c1. The molecule has 0 unspecified atom stereocenters. The minimum Gasteiger partial charge on any atom is -0.302 e. The largest absolute Gasteiger partial charge is 0.302 e. The number of carbonyl (C=O) groups excluding carboxylic acids is 1. The van der Waals surface area contributed by atoms with Crippen LogP contribution in [-0.2, 0) is 11.2 Å². The van der Waals surface area contributed by atoms with Crippen molar-refractivity contribution >= 4 is 54.1 Å². The Kier molecular flexibility index (Phi) is 4.01. The number of anilines is 1. The lowest BCUT2D eigenvalue weighted by atomic mass is 10.0. The minimum atomic E-state index is -0.0431. The number of hydrogen-bond acceptors (Lipinski definition) is 5. The van der Waals surface area contributed by atoms with E-state index in [0.717, 1.165) is 42.1 Å². The van der Waals surface area contributed by atoms with E-state index >= 15 is 0 Å². The van der Waals surface area contributed by atoms with Gasteiger partial charge in [-0.3, -0.25) is 4.79 Å². The molecule has 0 aliphatic rings. The van der Waals surface area contributed by atoms with Crippen LogP contribution in [0.5, 0.6) is 0 Å². The van der Waals surface area contributed by atoms with Crippen LogP contribution in [0.4, 0.5) is 5.13 Å². The first kappa shape index (κ1) is 16.2. The second-order valence-corrected chi connectivity index (χ2v) is 8.40. The number of aromatic nitrogens is 2. The summed E-state index contributed by atoms with van der Waals surface area (Å²) in [7, 11) is 0. The molecule has 2 aromatic carbocycles. The molecule has 4 rings (SSSR count). The van der Waals surface area contributed by atoms with E-state index in [-0.39, 0.29) is 5.91 Å². The second-order valence-electron chi connectivity index (χ2n) is 6.17. The van der Waals surface area contributed by atoms with Gasteiger partial charge in [-0.25, -0.2) is 9.97 Å². The molecular formula is C19H17N3OS2. The lowest BCUT2D eigenvalue weighted by Gasteiger charge is -2.06. The topological polar surface area (TPSA) is 54.9 Å². The van der Waals surface area contributed by atoms with Crippen molar-refractivity contribution in [3.8, 4) is 0 Å². The fourth-order valence-corrected chi connectivity index (χ4v) is 4.74. The van der Waals surface area contributed by atoms with Crippen molar-refractivity contribution < 1.29 is 4.79 Å². The summed E-state index contributed by atoms with van der Waals surface area (Å²) in [5.41, 5.74) is 5.20. The van der Waals surface area contributed by atoms with Crippen molar-refractivity contribution in [1.29, 1.82) is 0 Å². The fraction of sp³-hybridized carbons (Fsp3) is 0.211. The highest BCUT2D eigenvalue weighted by Gasteiger charge is 2.13. The number of thiazole rings is 2. The van der Waals surface area contributed by atoms with Gasteiger partial charge < -0.3 is 5.32 Å². The van der Waals surface area contributed by atoms with Crippen LogP contribution in [-0.4, -0.2) is 15.9 Å². The molecular weight excluding hydrogens is 350 g/mol. The average Bonchev–Trinajstić information content (AvgIpc) is 3.12. The van der Waals surface area contributed by atoms with Crippen molar-refractivity contribution in [1.82, 2.24) is 9.97 Å². The number of benzene rings is 2. The maximum atomic E-state index is 12.4. The molecule has 126 valence electrons. The first-order chi connectivity index (χ1) is 12.0.